The fourth-order valence-electron chi connectivity index (χ4n) is 2.27. The van der Waals surface area contributed by atoms with Crippen LogP contribution in [0, 0.1) is 0 Å². The predicted molar refractivity (Wildman–Crippen MR) is 94.0 cm³/mol. The lowest BCUT2D eigenvalue weighted by Gasteiger charge is -2.17. The van der Waals surface area contributed by atoms with Gasteiger partial charge in [0.25, 0.3) is 5.91 Å². The Bertz CT molecular complexity index is 716. The van der Waals surface area contributed by atoms with Crippen LogP contribution in [0.15, 0.2) is 36.4 Å². The van der Waals surface area contributed by atoms with Crippen LogP contribution in [-0.4, -0.2) is 39.2 Å². The molecule has 1 unspecified atom stereocenters. The lowest BCUT2D eigenvalue weighted by molar-refractivity contribution is 0.0935. The first-order valence-corrected chi connectivity index (χ1v) is 7.63. The van der Waals surface area contributed by atoms with Crippen molar-refractivity contribution in [3.8, 4) is 11.5 Å². The number of rotatable bonds is 6. The zero-order valence-electron chi connectivity index (χ0n) is 14.7. The second-order valence-electron chi connectivity index (χ2n) is 5.59. The molecule has 0 saturated heterocycles. The second-order valence-corrected chi connectivity index (χ2v) is 5.59. The van der Waals surface area contributed by atoms with Gasteiger partial charge in [0.15, 0.2) is 11.5 Å². The van der Waals surface area contributed by atoms with E-state index in [4.69, 9.17) is 9.47 Å². The van der Waals surface area contributed by atoms with Crippen molar-refractivity contribution >= 4 is 11.7 Å². The number of nitrogens with one attached hydrogen (secondary N) is 1. The van der Waals surface area contributed by atoms with Crippen LogP contribution in [0.5, 0.6) is 11.5 Å². The molecule has 0 spiro atoms. The number of carbonyl (C=O) groups is 1. The van der Waals surface area contributed by atoms with Crippen molar-refractivity contribution in [2.45, 2.75) is 13.0 Å². The van der Waals surface area contributed by atoms with Gasteiger partial charge in [-0.2, -0.15) is 0 Å². The Morgan fingerprint density at radius 3 is 2.46 bits per heavy atom. The molecular formula is C18H23N3O3. The number of anilines is 1. The highest BCUT2D eigenvalue weighted by Crippen LogP contribution is 2.29. The molecule has 2 rings (SSSR count). The Morgan fingerprint density at radius 1 is 1.12 bits per heavy atom. The van der Waals surface area contributed by atoms with Crippen molar-refractivity contribution in [2.24, 2.45) is 0 Å². The molecule has 1 aromatic heterocycles. The minimum Gasteiger partial charge on any atom is -0.493 e. The molecule has 0 fully saturated rings. The first kappa shape index (κ1) is 17.6. The first-order chi connectivity index (χ1) is 11.5. The van der Waals surface area contributed by atoms with E-state index in [1.54, 1.807) is 20.3 Å². The molecule has 0 aliphatic heterocycles. The largest absolute Gasteiger partial charge is 0.493 e. The maximum atomic E-state index is 12.4. The number of aromatic nitrogens is 1. The summed E-state index contributed by atoms with van der Waals surface area (Å²) in [5.41, 5.74) is 1.30. The van der Waals surface area contributed by atoms with Crippen LogP contribution in [-0.2, 0) is 0 Å². The Kier molecular flexibility index (Phi) is 5.63. The highest BCUT2D eigenvalue weighted by Gasteiger charge is 2.15. The molecule has 0 saturated carbocycles. The maximum Gasteiger partial charge on any atom is 0.270 e. The van der Waals surface area contributed by atoms with Crippen molar-refractivity contribution in [3.63, 3.8) is 0 Å². The number of nitrogens with zero attached hydrogens (tertiary/aromatic N) is 2. The van der Waals surface area contributed by atoms with Gasteiger partial charge in [0.05, 0.1) is 20.3 Å². The fourth-order valence-corrected chi connectivity index (χ4v) is 2.27. The molecular weight excluding hydrogens is 306 g/mol. The number of ether oxygens (including phenoxy) is 2. The van der Waals surface area contributed by atoms with E-state index in [9.17, 15) is 4.79 Å². The zero-order valence-corrected chi connectivity index (χ0v) is 14.7. The van der Waals surface area contributed by atoms with Crippen molar-refractivity contribution in [2.75, 3.05) is 33.2 Å². The van der Waals surface area contributed by atoms with Crippen molar-refractivity contribution < 1.29 is 14.3 Å². The molecule has 128 valence electrons. The Balaban J connectivity index is 2.15. The zero-order chi connectivity index (χ0) is 17.7. The van der Waals surface area contributed by atoms with Gasteiger partial charge in [0.1, 0.15) is 11.5 Å². The number of methoxy groups -OCH3 is 2. The number of carbonyl (C=O) groups excluding carboxylic acids is 1. The first-order valence-electron chi connectivity index (χ1n) is 7.63. The van der Waals surface area contributed by atoms with Crippen LogP contribution in [0.3, 0.4) is 0 Å². The summed E-state index contributed by atoms with van der Waals surface area (Å²) >= 11 is 0. The van der Waals surface area contributed by atoms with Gasteiger partial charge in [-0.3, -0.25) is 4.79 Å². The molecule has 1 N–H and O–H groups in total. The molecule has 0 aliphatic rings. The molecule has 2 aromatic rings. The third-order valence-electron chi connectivity index (χ3n) is 3.68. The summed E-state index contributed by atoms with van der Waals surface area (Å²) in [5.74, 6) is 1.80. The van der Waals surface area contributed by atoms with Crippen LogP contribution in [0.1, 0.15) is 29.0 Å². The smallest absolute Gasteiger partial charge is 0.270 e. The van der Waals surface area contributed by atoms with E-state index in [0.717, 1.165) is 11.4 Å². The van der Waals surface area contributed by atoms with E-state index in [1.165, 1.54) is 0 Å². The lowest BCUT2D eigenvalue weighted by Crippen LogP contribution is -2.28. The Labute approximate surface area is 142 Å². The second kappa shape index (κ2) is 7.68. The Morgan fingerprint density at radius 2 is 1.83 bits per heavy atom. The van der Waals surface area contributed by atoms with Crippen LogP contribution in [0.4, 0.5) is 5.82 Å². The van der Waals surface area contributed by atoms with Crippen molar-refractivity contribution in [1.29, 1.82) is 0 Å². The fraction of sp³-hybridized carbons (Fsp3) is 0.333. The van der Waals surface area contributed by atoms with Gasteiger partial charge in [0.2, 0.25) is 0 Å². The van der Waals surface area contributed by atoms with Crippen LogP contribution < -0.4 is 19.7 Å². The molecule has 0 radical (unpaired) electrons. The average Bonchev–Trinajstić information content (AvgIpc) is 2.60. The van der Waals surface area contributed by atoms with Gasteiger partial charge < -0.3 is 19.7 Å². The van der Waals surface area contributed by atoms with Crippen LogP contribution in [0.2, 0.25) is 0 Å². The SMILES string of the molecule is COc1ccc(C(C)NC(=O)c2cccc(N(C)C)n2)cc1OC. The van der Waals surface area contributed by atoms with Gasteiger partial charge >= 0.3 is 0 Å². The van der Waals surface area contributed by atoms with Crippen molar-refractivity contribution in [3.05, 3.63) is 47.7 Å². The van der Waals surface area contributed by atoms with Crippen molar-refractivity contribution in [1.82, 2.24) is 10.3 Å². The topological polar surface area (TPSA) is 63.7 Å². The summed E-state index contributed by atoms with van der Waals surface area (Å²) in [6.45, 7) is 1.91. The average molecular weight is 329 g/mol. The van der Waals surface area contributed by atoms with Crippen LogP contribution >= 0.6 is 0 Å². The third-order valence-corrected chi connectivity index (χ3v) is 3.68. The monoisotopic (exact) mass is 329 g/mol. The van der Waals surface area contributed by atoms with E-state index in [-0.39, 0.29) is 11.9 Å². The summed E-state index contributed by atoms with van der Waals surface area (Å²) in [7, 11) is 6.94. The molecule has 1 amide bonds. The van der Waals surface area contributed by atoms with E-state index in [2.05, 4.69) is 10.3 Å². The van der Waals surface area contributed by atoms with E-state index in [0.29, 0.717) is 17.2 Å². The maximum absolute atomic E-state index is 12.4. The van der Waals surface area contributed by atoms with Gasteiger partial charge in [-0.05, 0) is 36.8 Å². The summed E-state index contributed by atoms with van der Waals surface area (Å²) < 4.78 is 10.5. The quantitative estimate of drug-likeness (QED) is 0.883. The molecule has 0 bridgehead atoms. The number of hydrogen-bond donors (Lipinski definition) is 1. The van der Waals surface area contributed by atoms with Crippen LogP contribution in [0.25, 0.3) is 0 Å². The lowest BCUT2D eigenvalue weighted by atomic mass is 10.1. The van der Waals surface area contributed by atoms with E-state index in [1.807, 2.05) is 56.3 Å². The predicted octanol–water partition coefficient (Wildman–Crippen LogP) is 2.66. The minimum atomic E-state index is -0.221. The van der Waals surface area contributed by atoms with Gasteiger partial charge in [-0.1, -0.05) is 12.1 Å². The summed E-state index contributed by atoms with van der Waals surface area (Å²) in [6.07, 6.45) is 0. The molecule has 0 aliphatic carbocycles. The standard InChI is InChI=1S/C18H23N3O3/c1-12(13-9-10-15(23-4)16(11-13)24-5)19-18(22)14-7-6-8-17(20-14)21(2)3/h6-12H,1-5H3,(H,19,22). The highest BCUT2D eigenvalue weighted by atomic mass is 16.5. The summed E-state index contributed by atoms with van der Waals surface area (Å²) in [4.78, 5) is 18.6. The number of pyridine rings is 1. The third kappa shape index (κ3) is 3.95. The van der Waals surface area contributed by atoms with Gasteiger partial charge in [-0.15, -0.1) is 0 Å². The highest BCUT2D eigenvalue weighted by molar-refractivity contribution is 5.92. The van der Waals surface area contributed by atoms with Gasteiger partial charge in [-0.25, -0.2) is 4.98 Å². The molecule has 6 nitrogen and oxygen atoms in total. The molecule has 6 heteroatoms. The minimum absolute atomic E-state index is 0.192. The van der Waals surface area contributed by atoms with Gasteiger partial charge in [0, 0.05) is 14.1 Å². The van der Waals surface area contributed by atoms with E-state index >= 15 is 0 Å². The number of hydrogen-bond acceptors (Lipinski definition) is 5. The normalized spacial score (nSPS) is 11.5. The molecule has 1 heterocycles. The molecule has 24 heavy (non-hydrogen) atoms. The number of amides is 1. The Hall–Kier alpha value is -2.76. The molecule has 1 aromatic carbocycles. The van der Waals surface area contributed by atoms with E-state index < -0.39 is 0 Å². The summed E-state index contributed by atoms with van der Waals surface area (Å²) in [5, 5.41) is 2.95. The molecule has 1 atom stereocenters. The summed E-state index contributed by atoms with van der Waals surface area (Å²) in [6, 6.07) is 10.8. The number of benzene rings is 1.